The Morgan fingerprint density at radius 2 is 2.42 bits per heavy atom. The van der Waals surface area contributed by atoms with E-state index in [0.29, 0.717) is 12.2 Å². The Hall–Kier alpha value is -1.82. The third kappa shape index (κ3) is 2.23. The molecule has 6 heteroatoms. The van der Waals surface area contributed by atoms with Gasteiger partial charge in [-0.05, 0) is 37.8 Å². The molecule has 100 valence electrons. The van der Waals surface area contributed by atoms with E-state index in [2.05, 4.69) is 21.6 Å². The summed E-state index contributed by atoms with van der Waals surface area (Å²) in [7, 11) is 0. The van der Waals surface area contributed by atoms with Gasteiger partial charge in [0.05, 0.1) is 17.9 Å². The van der Waals surface area contributed by atoms with Crippen molar-refractivity contribution in [2.24, 2.45) is 0 Å². The summed E-state index contributed by atoms with van der Waals surface area (Å²) < 4.78 is 0. The number of carbonyl (C=O) groups is 1. The van der Waals surface area contributed by atoms with Gasteiger partial charge < -0.3 is 11.1 Å². The van der Waals surface area contributed by atoms with Crippen LogP contribution in [0.1, 0.15) is 37.9 Å². The van der Waals surface area contributed by atoms with Gasteiger partial charge in [0.25, 0.3) is 5.91 Å². The van der Waals surface area contributed by atoms with Gasteiger partial charge in [0.15, 0.2) is 5.69 Å². The van der Waals surface area contributed by atoms with E-state index in [1.807, 2.05) is 0 Å². The first kappa shape index (κ1) is 12.2. The van der Waals surface area contributed by atoms with Gasteiger partial charge in [-0.25, -0.2) is 0 Å². The van der Waals surface area contributed by atoms with Gasteiger partial charge in [-0.3, -0.25) is 9.89 Å². The number of hydrogen-bond acceptors (Lipinski definition) is 4. The lowest BCUT2D eigenvalue weighted by Gasteiger charge is -2.02. The fourth-order valence-corrected chi connectivity index (χ4v) is 3.54. The van der Waals surface area contributed by atoms with E-state index in [1.165, 1.54) is 34.6 Å². The summed E-state index contributed by atoms with van der Waals surface area (Å²) >= 11 is 1.79. The molecule has 1 amide bonds. The van der Waals surface area contributed by atoms with Crippen LogP contribution in [0.3, 0.4) is 0 Å². The minimum absolute atomic E-state index is 0.226. The van der Waals surface area contributed by atoms with Crippen LogP contribution in [0.2, 0.25) is 0 Å². The normalized spacial score (nSPS) is 13.5. The maximum atomic E-state index is 12.0. The molecule has 1 aliphatic carbocycles. The van der Waals surface area contributed by atoms with Crippen molar-refractivity contribution < 1.29 is 4.79 Å². The van der Waals surface area contributed by atoms with Gasteiger partial charge in [-0.2, -0.15) is 5.10 Å². The third-order valence-corrected chi connectivity index (χ3v) is 4.67. The number of nitrogens with zero attached hydrogens (tertiary/aromatic N) is 1. The molecule has 0 aliphatic heterocycles. The number of nitrogen functional groups attached to an aromatic ring is 1. The zero-order valence-corrected chi connectivity index (χ0v) is 11.6. The average Bonchev–Trinajstić information content (AvgIpc) is 3.03. The van der Waals surface area contributed by atoms with Crippen molar-refractivity contribution in [3.63, 3.8) is 0 Å². The van der Waals surface area contributed by atoms with Gasteiger partial charge in [0.2, 0.25) is 0 Å². The number of rotatable bonds is 3. The van der Waals surface area contributed by atoms with Gasteiger partial charge in [-0.1, -0.05) is 0 Å². The largest absolute Gasteiger partial charge is 0.395 e. The number of amides is 1. The maximum Gasteiger partial charge on any atom is 0.274 e. The topological polar surface area (TPSA) is 83.8 Å². The molecule has 0 aromatic carbocycles. The van der Waals surface area contributed by atoms with Crippen LogP contribution in [-0.4, -0.2) is 16.1 Å². The summed E-state index contributed by atoms with van der Waals surface area (Å²) in [5.41, 5.74) is 8.65. The predicted octanol–water partition coefficient (Wildman–Crippen LogP) is 1.78. The second-order valence-corrected chi connectivity index (χ2v) is 6.03. The molecule has 5 nitrogen and oxygen atoms in total. The zero-order chi connectivity index (χ0) is 13.4. The molecule has 2 heterocycles. The predicted molar refractivity (Wildman–Crippen MR) is 75.3 cm³/mol. The van der Waals surface area contributed by atoms with Crippen LogP contribution < -0.4 is 11.1 Å². The number of H-pyrrole nitrogens is 1. The highest BCUT2D eigenvalue weighted by atomic mass is 32.1. The van der Waals surface area contributed by atoms with Crippen molar-refractivity contribution in [3.05, 3.63) is 32.8 Å². The maximum absolute atomic E-state index is 12.0. The number of anilines is 1. The molecule has 4 N–H and O–H groups in total. The molecule has 0 radical (unpaired) electrons. The molecule has 2 aromatic rings. The first-order valence-corrected chi connectivity index (χ1v) is 7.16. The summed E-state index contributed by atoms with van der Waals surface area (Å²) in [5.74, 6) is -0.226. The van der Waals surface area contributed by atoms with Crippen LogP contribution in [0, 0.1) is 6.92 Å². The molecule has 0 saturated heterocycles. The molecule has 0 spiro atoms. The summed E-state index contributed by atoms with van der Waals surface area (Å²) in [6.45, 7) is 2.34. The molecule has 0 unspecified atom stereocenters. The van der Waals surface area contributed by atoms with E-state index in [1.54, 1.807) is 18.3 Å². The lowest BCUT2D eigenvalue weighted by atomic mass is 10.2. The van der Waals surface area contributed by atoms with Crippen LogP contribution in [0.5, 0.6) is 0 Å². The third-order valence-electron chi connectivity index (χ3n) is 3.43. The number of aromatic nitrogens is 2. The highest BCUT2D eigenvalue weighted by Gasteiger charge is 2.17. The standard InChI is InChI=1S/C13H16N4OS/c1-7-11(14)12(17-16-7)13(18)15-6-9-5-8-3-2-4-10(8)19-9/h5H,2-4,6,14H2,1H3,(H,15,18)(H,16,17). The Bertz CT molecular complexity index is 607. The highest BCUT2D eigenvalue weighted by Crippen LogP contribution is 2.30. The molecule has 0 atom stereocenters. The number of hydrogen-bond donors (Lipinski definition) is 3. The van der Waals surface area contributed by atoms with Crippen LogP contribution in [0.25, 0.3) is 0 Å². The van der Waals surface area contributed by atoms with Crippen molar-refractivity contribution in [1.29, 1.82) is 0 Å². The number of thiophene rings is 1. The van der Waals surface area contributed by atoms with Crippen LogP contribution in [0.15, 0.2) is 6.07 Å². The molecule has 0 fully saturated rings. The minimum Gasteiger partial charge on any atom is -0.395 e. The molecular formula is C13H16N4OS. The second-order valence-electron chi connectivity index (χ2n) is 4.81. The number of carbonyl (C=O) groups excluding carboxylic acids is 1. The quantitative estimate of drug-likeness (QED) is 0.799. The number of nitrogens with two attached hydrogens (primary N) is 1. The summed E-state index contributed by atoms with van der Waals surface area (Å²) in [5, 5.41) is 9.50. The molecule has 19 heavy (non-hydrogen) atoms. The van der Waals surface area contributed by atoms with E-state index in [9.17, 15) is 4.79 Å². The Morgan fingerprint density at radius 1 is 1.58 bits per heavy atom. The van der Waals surface area contributed by atoms with Gasteiger partial charge in [-0.15, -0.1) is 11.3 Å². The Kier molecular flexibility index (Phi) is 3.02. The van der Waals surface area contributed by atoms with Crippen molar-refractivity contribution in [3.8, 4) is 0 Å². The van der Waals surface area contributed by atoms with Crippen molar-refractivity contribution >= 4 is 22.9 Å². The van der Waals surface area contributed by atoms with Crippen molar-refractivity contribution in [2.75, 3.05) is 5.73 Å². The van der Waals surface area contributed by atoms with Crippen molar-refractivity contribution in [1.82, 2.24) is 15.5 Å². The molecule has 0 bridgehead atoms. The Balaban J connectivity index is 1.65. The van der Waals surface area contributed by atoms with Gasteiger partial charge in [0.1, 0.15) is 0 Å². The first-order valence-electron chi connectivity index (χ1n) is 6.34. The van der Waals surface area contributed by atoms with Gasteiger partial charge in [0, 0.05) is 9.75 Å². The lowest BCUT2D eigenvalue weighted by molar-refractivity contribution is 0.0947. The number of aromatic amines is 1. The van der Waals surface area contributed by atoms with E-state index in [0.717, 1.165) is 5.69 Å². The van der Waals surface area contributed by atoms with E-state index in [4.69, 9.17) is 5.73 Å². The number of nitrogens with one attached hydrogen (secondary N) is 2. The van der Waals surface area contributed by atoms with Crippen LogP contribution in [-0.2, 0) is 19.4 Å². The van der Waals surface area contributed by atoms with E-state index < -0.39 is 0 Å². The number of aryl methyl sites for hydroxylation is 3. The zero-order valence-electron chi connectivity index (χ0n) is 10.7. The van der Waals surface area contributed by atoms with E-state index >= 15 is 0 Å². The minimum atomic E-state index is -0.226. The van der Waals surface area contributed by atoms with Gasteiger partial charge >= 0.3 is 0 Å². The Morgan fingerprint density at radius 3 is 3.11 bits per heavy atom. The van der Waals surface area contributed by atoms with Crippen molar-refractivity contribution in [2.45, 2.75) is 32.7 Å². The fraction of sp³-hybridized carbons (Fsp3) is 0.385. The highest BCUT2D eigenvalue weighted by molar-refractivity contribution is 7.12. The van der Waals surface area contributed by atoms with E-state index in [-0.39, 0.29) is 11.6 Å². The van der Waals surface area contributed by atoms with Crippen LogP contribution >= 0.6 is 11.3 Å². The molecular weight excluding hydrogens is 260 g/mol. The first-order chi connectivity index (χ1) is 9.15. The molecule has 1 aliphatic rings. The smallest absolute Gasteiger partial charge is 0.274 e. The summed E-state index contributed by atoms with van der Waals surface area (Å²) in [4.78, 5) is 14.6. The SMILES string of the molecule is Cc1[nH]nc(C(=O)NCc2cc3c(s2)CCC3)c1N. The average molecular weight is 276 g/mol. The molecule has 2 aromatic heterocycles. The fourth-order valence-electron chi connectivity index (χ4n) is 2.34. The second kappa shape index (κ2) is 4.70. The van der Waals surface area contributed by atoms with Crippen LogP contribution in [0.4, 0.5) is 5.69 Å². The molecule has 0 saturated carbocycles. The lowest BCUT2D eigenvalue weighted by Crippen LogP contribution is -2.23. The number of fused-ring (bicyclic) bond motifs is 1. The molecule has 3 rings (SSSR count). The summed E-state index contributed by atoms with van der Waals surface area (Å²) in [6.07, 6.45) is 3.61. The Labute approximate surface area is 115 Å². The summed E-state index contributed by atoms with van der Waals surface area (Å²) in [6, 6.07) is 2.20. The monoisotopic (exact) mass is 276 g/mol.